The van der Waals surface area contributed by atoms with Gasteiger partial charge in [-0.3, -0.25) is 9.69 Å². The standard InChI is InChI=1S/C13H27N3O4/c1-9(18)14-7-10-12(13(19)11(8-17)20-10)16(4)6-5-15(2)3/h10-13,17,19H,5-8H2,1-4H3,(H,14,18). The van der Waals surface area contributed by atoms with Crippen LogP contribution >= 0.6 is 0 Å². The summed E-state index contributed by atoms with van der Waals surface area (Å²) in [7, 11) is 5.89. The van der Waals surface area contributed by atoms with Crippen molar-refractivity contribution in [3.63, 3.8) is 0 Å². The molecule has 1 fully saturated rings. The quantitative estimate of drug-likeness (QED) is 0.508. The molecule has 7 nitrogen and oxygen atoms in total. The van der Waals surface area contributed by atoms with Crippen molar-refractivity contribution < 1.29 is 19.7 Å². The van der Waals surface area contributed by atoms with Crippen LogP contribution in [0, 0.1) is 0 Å². The second-order valence-electron chi connectivity index (χ2n) is 5.60. The Morgan fingerprint density at radius 2 is 1.90 bits per heavy atom. The van der Waals surface area contributed by atoms with Crippen molar-refractivity contribution in [2.24, 2.45) is 0 Å². The molecule has 0 radical (unpaired) electrons. The van der Waals surface area contributed by atoms with Crippen LogP contribution in [0.5, 0.6) is 0 Å². The molecule has 1 heterocycles. The first kappa shape index (κ1) is 17.3. The largest absolute Gasteiger partial charge is 0.394 e. The van der Waals surface area contributed by atoms with E-state index in [0.717, 1.165) is 13.1 Å². The van der Waals surface area contributed by atoms with Gasteiger partial charge < -0.3 is 25.2 Å². The van der Waals surface area contributed by atoms with Crippen LogP contribution < -0.4 is 5.32 Å². The maximum Gasteiger partial charge on any atom is 0.216 e. The molecular formula is C13H27N3O4. The van der Waals surface area contributed by atoms with E-state index in [1.807, 2.05) is 26.0 Å². The van der Waals surface area contributed by atoms with Crippen molar-refractivity contribution in [3.8, 4) is 0 Å². The lowest BCUT2D eigenvalue weighted by Crippen LogP contribution is -2.50. The van der Waals surface area contributed by atoms with E-state index in [2.05, 4.69) is 10.2 Å². The molecule has 20 heavy (non-hydrogen) atoms. The zero-order chi connectivity index (χ0) is 15.3. The summed E-state index contributed by atoms with van der Waals surface area (Å²) in [4.78, 5) is 15.1. The van der Waals surface area contributed by atoms with Crippen LogP contribution in [0.4, 0.5) is 0 Å². The maximum absolute atomic E-state index is 11.0. The molecule has 1 saturated heterocycles. The lowest BCUT2D eigenvalue weighted by atomic mass is 10.0. The van der Waals surface area contributed by atoms with E-state index in [1.54, 1.807) is 0 Å². The fourth-order valence-electron chi connectivity index (χ4n) is 2.44. The number of carbonyl (C=O) groups excluding carboxylic acids is 1. The SMILES string of the molecule is CC(=O)NCC1OC(CO)C(O)C1N(C)CCN(C)C. The van der Waals surface area contributed by atoms with Crippen LogP contribution in [0.2, 0.25) is 0 Å². The molecule has 4 atom stereocenters. The summed E-state index contributed by atoms with van der Waals surface area (Å²) in [5, 5.41) is 22.2. The van der Waals surface area contributed by atoms with Crippen LogP contribution in [-0.4, -0.2) is 97.7 Å². The maximum atomic E-state index is 11.0. The molecule has 0 spiro atoms. The van der Waals surface area contributed by atoms with Gasteiger partial charge >= 0.3 is 0 Å². The van der Waals surface area contributed by atoms with Crippen molar-refractivity contribution >= 4 is 5.91 Å². The van der Waals surface area contributed by atoms with Gasteiger partial charge in [0.15, 0.2) is 0 Å². The number of amides is 1. The van der Waals surface area contributed by atoms with Crippen molar-refractivity contribution in [1.82, 2.24) is 15.1 Å². The van der Waals surface area contributed by atoms with E-state index in [1.165, 1.54) is 6.92 Å². The smallest absolute Gasteiger partial charge is 0.216 e. The molecule has 1 rings (SSSR count). The van der Waals surface area contributed by atoms with Crippen molar-refractivity contribution in [1.29, 1.82) is 0 Å². The Labute approximate surface area is 120 Å². The molecule has 0 aliphatic carbocycles. The van der Waals surface area contributed by atoms with Crippen molar-refractivity contribution in [2.45, 2.75) is 31.3 Å². The number of likely N-dealkylation sites (N-methyl/N-ethyl adjacent to an activating group) is 2. The molecule has 1 amide bonds. The number of aliphatic hydroxyl groups excluding tert-OH is 2. The van der Waals surface area contributed by atoms with E-state index in [-0.39, 0.29) is 24.7 Å². The Kier molecular flexibility index (Phi) is 6.84. The summed E-state index contributed by atoms with van der Waals surface area (Å²) in [6.45, 7) is 3.18. The number of hydrogen-bond acceptors (Lipinski definition) is 6. The molecule has 0 aromatic rings. The van der Waals surface area contributed by atoms with Crippen LogP contribution in [0.15, 0.2) is 0 Å². The zero-order valence-corrected chi connectivity index (χ0v) is 12.7. The van der Waals surface area contributed by atoms with Gasteiger partial charge in [0.25, 0.3) is 0 Å². The average Bonchev–Trinajstić information content (AvgIpc) is 2.69. The predicted molar refractivity (Wildman–Crippen MR) is 75.4 cm³/mol. The Hall–Kier alpha value is -0.730. The summed E-state index contributed by atoms with van der Waals surface area (Å²) in [5.74, 6) is -0.134. The molecule has 4 unspecified atom stereocenters. The predicted octanol–water partition coefficient (Wildman–Crippen LogP) is -1.89. The van der Waals surface area contributed by atoms with E-state index in [9.17, 15) is 15.0 Å². The van der Waals surface area contributed by atoms with Crippen LogP contribution in [-0.2, 0) is 9.53 Å². The number of rotatable bonds is 7. The van der Waals surface area contributed by atoms with E-state index < -0.39 is 12.2 Å². The Morgan fingerprint density at radius 3 is 2.40 bits per heavy atom. The second kappa shape index (κ2) is 7.90. The molecule has 1 aliphatic rings. The van der Waals surface area contributed by atoms with Gasteiger partial charge in [0.05, 0.1) is 18.8 Å². The first-order valence-electron chi connectivity index (χ1n) is 6.90. The van der Waals surface area contributed by atoms with Crippen LogP contribution in [0.3, 0.4) is 0 Å². The number of carbonyl (C=O) groups is 1. The number of aliphatic hydroxyl groups is 2. The number of nitrogens with one attached hydrogen (secondary N) is 1. The fourth-order valence-corrected chi connectivity index (χ4v) is 2.44. The van der Waals surface area contributed by atoms with Crippen LogP contribution in [0.25, 0.3) is 0 Å². The molecule has 0 bridgehead atoms. The third-order valence-electron chi connectivity index (χ3n) is 3.60. The van der Waals surface area contributed by atoms with Crippen molar-refractivity contribution in [2.75, 3.05) is 47.4 Å². The summed E-state index contributed by atoms with van der Waals surface area (Å²) < 4.78 is 5.64. The Balaban J connectivity index is 2.66. The lowest BCUT2D eigenvalue weighted by Gasteiger charge is -2.31. The summed E-state index contributed by atoms with van der Waals surface area (Å²) >= 11 is 0. The number of hydrogen-bond donors (Lipinski definition) is 3. The average molecular weight is 289 g/mol. The third-order valence-corrected chi connectivity index (χ3v) is 3.60. The second-order valence-corrected chi connectivity index (χ2v) is 5.60. The lowest BCUT2D eigenvalue weighted by molar-refractivity contribution is -0.119. The third kappa shape index (κ3) is 4.68. The Bertz CT molecular complexity index is 314. The summed E-state index contributed by atoms with van der Waals surface area (Å²) in [5.41, 5.74) is 0. The molecule has 118 valence electrons. The van der Waals surface area contributed by atoms with E-state index in [4.69, 9.17) is 4.74 Å². The van der Waals surface area contributed by atoms with Crippen LogP contribution in [0.1, 0.15) is 6.92 Å². The van der Waals surface area contributed by atoms with E-state index >= 15 is 0 Å². The molecular weight excluding hydrogens is 262 g/mol. The first-order chi connectivity index (χ1) is 9.36. The minimum atomic E-state index is -0.758. The number of ether oxygens (including phenoxy) is 1. The van der Waals surface area contributed by atoms with Gasteiger partial charge in [-0.15, -0.1) is 0 Å². The molecule has 1 aliphatic heterocycles. The Morgan fingerprint density at radius 1 is 1.25 bits per heavy atom. The summed E-state index contributed by atoms with van der Waals surface area (Å²) in [6, 6.07) is -0.237. The minimum Gasteiger partial charge on any atom is -0.394 e. The highest BCUT2D eigenvalue weighted by atomic mass is 16.5. The van der Waals surface area contributed by atoms with Gasteiger partial charge in [-0.05, 0) is 21.1 Å². The minimum absolute atomic E-state index is 0.134. The fraction of sp³-hybridized carbons (Fsp3) is 0.923. The first-order valence-corrected chi connectivity index (χ1v) is 6.90. The molecule has 3 N–H and O–H groups in total. The van der Waals surface area contributed by atoms with Gasteiger partial charge in [0.2, 0.25) is 5.91 Å². The highest BCUT2D eigenvalue weighted by Gasteiger charge is 2.45. The van der Waals surface area contributed by atoms with Gasteiger partial charge in [0, 0.05) is 26.6 Å². The zero-order valence-electron chi connectivity index (χ0n) is 12.7. The molecule has 0 aromatic heterocycles. The molecule has 7 heteroatoms. The molecule has 0 saturated carbocycles. The van der Waals surface area contributed by atoms with Gasteiger partial charge in [0.1, 0.15) is 12.2 Å². The highest BCUT2D eigenvalue weighted by molar-refractivity contribution is 5.72. The van der Waals surface area contributed by atoms with Gasteiger partial charge in [-0.2, -0.15) is 0 Å². The molecule has 0 aromatic carbocycles. The topological polar surface area (TPSA) is 85.3 Å². The van der Waals surface area contributed by atoms with Gasteiger partial charge in [-0.1, -0.05) is 0 Å². The van der Waals surface area contributed by atoms with Crippen molar-refractivity contribution in [3.05, 3.63) is 0 Å². The normalized spacial score (nSPS) is 30.2. The monoisotopic (exact) mass is 289 g/mol. The van der Waals surface area contributed by atoms with E-state index in [0.29, 0.717) is 6.54 Å². The number of nitrogens with zero attached hydrogens (tertiary/aromatic N) is 2. The summed E-state index contributed by atoms with van der Waals surface area (Å²) in [6.07, 6.45) is -1.68. The van der Waals surface area contributed by atoms with Gasteiger partial charge in [-0.25, -0.2) is 0 Å². The highest BCUT2D eigenvalue weighted by Crippen LogP contribution is 2.24.